The molecule has 3 aromatic rings. The molecule has 0 radical (unpaired) electrons. The van der Waals surface area contributed by atoms with Crippen LogP contribution in [-0.2, 0) is 0 Å². The zero-order chi connectivity index (χ0) is 26.9. The lowest BCUT2D eigenvalue weighted by Gasteiger charge is -2.06. The molecule has 0 unspecified atom stereocenters. The van der Waals surface area contributed by atoms with Gasteiger partial charge in [0.15, 0.2) is 0 Å². The van der Waals surface area contributed by atoms with E-state index < -0.39 is 58.6 Å². The Bertz CT molecular complexity index is 1470. The van der Waals surface area contributed by atoms with E-state index >= 15 is 0 Å². The van der Waals surface area contributed by atoms with Crippen LogP contribution in [0.2, 0.25) is 0 Å². The summed E-state index contributed by atoms with van der Waals surface area (Å²) in [5.41, 5.74) is -3.49. The zero-order valence-electron chi connectivity index (χ0n) is 18.3. The van der Waals surface area contributed by atoms with Crippen LogP contribution in [0.5, 0.6) is 0 Å². The molecule has 3 rings (SSSR count). The SMILES string of the molecule is Cc1nn(-c2ccc([N+](=O)[O-])cc2[N+](=O)[O-])c(C)c1/C=C/c1c([N+](=O)[O-])cc([N+](=O)[O-])cc1[N+](=O)[O-]. The van der Waals surface area contributed by atoms with Crippen LogP contribution in [0.25, 0.3) is 17.8 Å². The van der Waals surface area contributed by atoms with Crippen LogP contribution < -0.4 is 0 Å². The summed E-state index contributed by atoms with van der Waals surface area (Å²) in [4.78, 5) is 51.9. The van der Waals surface area contributed by atoms with Crippen molar-refractivity contribution in [2.45, 2.75) is 13.8 Å². The molecule has 184 valence electrons. The fourth-order valence-electron chi connectivity index (χ4n) is 3.43. The van der Waals surface area contributed by atoms with E-state index in [0.717, 1.165) is 29.0 Å². The molecule has 0 amide bonds. The predicted molar refractivity (Wildman–Crippen MR) is 122 cm³/mol. The Kier molecular flexibility index (Phi) is 6.48. The molecular weight excluding hydrogens is 486 g/mol. The van der Waals surface area contributed by atoms with E-state index in [1.165, 1.54) is 19.9 Å². The van der Waals surface area contributed by atoms with Crippen LogP contribution in [0.15, 0.2) is 30.3 Å². The molecule has 0 aliphatic carbocycles. The normalized spacial score (nSPS) is 10.9. The van der Waals surface area contributed by atoms with Gasteiger partial charge in [0, 0.05) is 17.3 Å². The molecule has 0 fully saturated rings. The van der Waals surface area contributed by atoms with E-state index in [9.17, 15) is 50.6 Å². The number of rotatable bonds is 8. The molecule has 17 heteroatoms. The number of hydrogen-bond acceptors (Lipinski definition) is 11. The van der Waals surface area contributed by atoms with E-state index in [4.69, 9.17) is 0 Å². The van der Waals surface area contributed by atoms with Crippen molar-refractivity contribution in [2.24, 2.45) is 0 Å². The quantitative estimate of drug-likeness (QED) is 0.314. The number of aryl methyl sites for hydroxylation is 1. The highest BCUT2D eigenvalue weighted by Gasteiger charge is 2.29. The first-order chi connectivity index (χ1) is 16.8. The predicted octanol–water partition coefficient (Wildman–Crippen LogP) is 4.20. The van der Waals surface area contributed by atoms with Crippen LogP contribution in [0, 0.1) is 64.4 Å². The average Bonchev–Trinajstić information content (AvgIpc) is 3.09. The summed E-state index contributed by atoms with van der Waals surface area (Å²) in [5, 5.41) is 60.7. The lowest BCUT2D eigenvalue weighted by molar-refractivity contribution is -0.403. The Balaban J connectivity index is 2.19. The lowest BCUT2D eigenvalue weighted by atomic mass is 10.1. The van der Waals surface area contributed by atoms with Gasteiger partial charge in [0.2, 0.25) is 0 Å². The van der Waals surface area contributed by atoms with Gasteiger partial charge >= 0.3 is 5.69 Å². The number of benzene rings is 2. The smallest absolute Gasteiger partial charge is 0.258 e. The zero-order valence-corrected chi connectivity index (χ0v) is 18.3. The van der Waals surface area contributed by atoms with Gasteiger partial charge in [-0.3, -0.25) is 50.6 Å². The number of nitrogens with zero attached hydrogens (tertiary/aromatic N) is 7. The van der Waals surface area contributed by atoms with Crippen molar-refractivity contribution in [1.82, 2.24) is 9.78 Å². The summed E-state index contributed by atoms with van der Waals surface area (Å²) in [7, 11) is 0. The van der Waals surface area contributed by atoms with Gasteiger partial charge in [0.1, 0.15) is 11.3 Å². The van der Waals surface area contributed by atoms with Crippen molar-refractivity contribution in [3.05, 3.63) is 103 Å². The van der Waals surface area contributed by atoms with Crippen LogP contribution in [0.1, 0.15) is 22.5 Å². The first kappa shape index (κ1) is 25.0. The fraction of sp³-hybridized carbons (Fsp3) is 0.105. The highest BCUT2D eigenvalue weighted by atomic mass is 16.6. The second-order valence-corrected chi connectivity index (χ2v) is 7.19. The molecule has 1 aromatic heterocycles. The number of nitro benzene ring substituents is 5. The summed E-state index contributed by atoms with van der Waals surface area (Å²) in [6.45, 7) is 2.99. The third-order valence-electron chi connectivity index (χ3n) is 5.08. The number of nitro groups is 5. The standard InChI is InChI=1S/C19H13N7O10/c1-10-14(4-5-15-17(24(31)32)8-13(23(29)30)9-18(15)25(33)34)11(2)21(20-10)16-6-3-12(22(27)28)7-19(16)26(35)36/h3-9H,1-2H3/b5-4+. The largest absolute Gasteiger partial charge is 0.301 e. The van der Waals surface area contributed by atoms with Gasteiger partial charge < -0.3 is 0 Å². The minimum Gasteiger partial charge on any atom is -0.258 e. The van der Waals surface area contributed by atoms with Crippen LogP contribution in [-0.4, -0.2) is 34.4 Å². The molecule has 17 nitrogen and oxygen atoms in total. The molecular formula is C19H13N7O10. The Hall–Kier alpha value is -5.61. The lowest BCUT2D eigenvalue weighted by Crippen LogP contribution is -2.04. The van der Waals surface area contributed by atoms with Crippen LogP contribution >= 0.6 is 0 Å². The van der Waals surface area contributed by atoms with Gasteiger partial charge in [0.25, 0.3) is 22.7 Å². The monoisotopic (exact) mass is 499 g/mol. The van der Waals surface area contributed by atoms with Crippen LogP contribution in [0.3, 0.4) is 0 Å². The molecule has 36 heavy (non-hydrogen) atoms. The van der Waals surface area contributed by atoms with Crippen molar-refractivity contribution < 1.29 is 24.6 Å². The summed E-state index contributed by atoms with van der Waals surface area (Å²) in [6.07, 6.45) is 2.26. The Morgan fingerprint density at radius 2 is 1.14 bits per heavy atom. The number of hydrogen-bond donors (Lipinski definition) is 0. The number of non-ortho nitro benzene ring substituents is 2. The molecule has 0 N–H and O–H groups in total. The summed E-state index contributed by atoms with van der Waals surface area (Å²) in [6, 6.07) is 4.14. The second kappa shape index (κ2) is 9.33. The Labute approximate surface area is 198 Å². The highest BCUT2D eigenvalue weighted by Crippen LogP contribution is 2.36. The van der Waals surface area contributed by atoms with Crippen molar-refractivity contribution in [2.75, 3.05) is 0 Å². The molecule has 0 saturated carbocycles. The van der Waals surface area contributed by atoms with Gasteiger partial charge in [-0.05, 0) is 26.0 Å². The van der Waals surface area contributed by atoms with E-state index in [1.54, 1.807) is 0 Å². The molecule has 0 aliphatic rings. The first-order valence-electron chi connectivity index (χ1n) is 9.62. The first-order valence-corrected chi connectivity index (χ1v) is 9.62. The van der Waals surface area contributed by atoms with Crippen molar-refractivity contribution in [3.8, 4) is 5.69 Å². The van der Waals surface area contributed by atoms with Gasteiger partial charge in [-0.25, -0.2) is 4.68 Å². The molecule has 0 atom stereocenters. The van der Waals surface area contributed by atoms with Crippen LogP contribution in [0.4, 0.5) is 28.4 Å². The average molecular weight is 499 g/mol. The second-order valence-electron chi connectivity index (χ2n) is 7.19. The van der Waals surface area contributed by atoms with Crippen molar-refractivity contribution in [1.29, 1.82) is 0 Å². The summed E-state index contributed by atoms with van der Waals surface area (Å²) in [5.74, 6) is 0. The van der Waals surface area contributed by atoms with Crippen molar-refractivity contribution >= 4 is 40.6 Å². The van der Waals surface area contributed by atoms with Gasteiger partial charge in [-0.2, -0.15) is 5.10 Å². The van der Waals surface area contributed by atoms with E-state index in [-0.39, 0.29) is 22.6 Å². The summed E-state index contributed by atoms with van der Waals surface area (Å²) < 4.78 is 1.13. The third kappa shape index (κ3) is 4.55. The van der Waals surface area contributed by atoms with E-state index in [2.05, 4.69) is 5.10 Å². The maximum Gasteiger partial charge on any atom is 0.301 e. The molecule has 0 aliphatic heterocycles. The molecule has 0 saturated heterocycles. The topological polar surface area (TPSA) is 234 Å². The highest BCUT2D eigenvalue weighted by molar-refractivity contribution is 5.82. The fourth-order valence-corrected chi connectivity index (χ4v) is 3.43. The van der Waals surface area contributed by atoms with Gasteiger partial charge in [-0.15, -0.1) is 0 Å². The summed E-state index contributed by atoms with van der Waals surface area (Å²) >= 11 is 0. The van der Waals surface area contributed by atoms with E-state index in [1.807, 2.05) is 0 Å². The molecule has 0 bridgehead atoms. The minimum atomic E-state index is -0.997. The molecule has 0 spiro atoms. The Morgan fingerprint density at radius 1 is 0.667 bits per heavy atom. The third-order valence-corrected chi connectivity index (χ3v) is 5.08. The maximum absolute atomic E-state index is 11.5. The number of aromatic nitrogens is 2. The maximum atomic E-state index is 11.5. The minimum absolute atomic E-state index is 0.0989. The van der Waals surface area contributed by atoms with E-state index in [0.29, 0.717) is 12.1 Å². The molecule has 1 heterocycles. The van der Waals surface area contributed by atoms with Gasteiger partial charge in [-0.1, -0.05) is 6.08 Å². The van der Waals surface area contributed by atoms with Gasteiger partial charge in [0.05, 0.1) is 48.5 Å². The van der Waals surface area contributed by atoms with Crippen molar-refractivity contribution in [3.63, 3.8) is 0 Å². The Morgan fingerprint density at radius 3 is 1.61 bits per heavy atom. The molecule has 2 aromatic carbocycles.